The molecule has 1 atom stereocenters. The third kappa shape index (κ3) is 2.85. The van der Waals surface area contributed by atoms with Crippen molar-refractivity contribution >= 4 is 29.0 Å². The Morgan fingerprint density at radius 2 is 1.90 bits per heavy atom. The van der Waals surface area contributed by atoms with Crippen LogP contribution in [0.2, 0.25) is 10.0 Å². The highest BCUT2D eigenvalue weighted by molar-refractivity contribution is 6.37. The highest BCUT2D eigenvalue weighted by Gasteiger charge is 2.24. The number of carbonyl (C=O) groups is 1. The lowest BCUT2D eigenvalue weighted by atomic mass is 9.89. The van der Waals surface area contributed by atoms with Crippen molar-refractivity contribution in [3.63, 3.8) is 0 Å². The van der Waals surface area contributed by atoms with Gasteiger partial charge < -0.3 is 0 Å². The van der Waals surface area contributed by atoms with Crippen molar-refractivity contribution in [3.8, 4) is 6.07 Å². The van der Waals surface area contributed by atoms with Gasteiger partial charge in [0.2, 0.25) is 0 Å². The maximum absolute atomic E-state index is 12.5. The summed E-state index contributed by atoms with van der Waals surface area (Å²) in [6, 6.07) is 14.0. The lowest BCUT2D eigenvalue weighted by Crippen LogP contribution is -2.13. The number of aryl methyl sites for hydroxylation is 1. The summed E-state index contributed by atoms with van der Waals surface area (Å²) < 4.78 is 0. The van der Waals surface area contributed by atoms with Crippen LogP contribution in [0, 0.1) is 18.3 Å². The molecule has 0 radical (unpaired) electrons. The predicted molar refractivity (Wildman–Crippen MR) is 80.3 cm³/mol. The van der Waals surface area contributed by atoms with Crippen molar-refractivity contribution in [2.45, 2.75) is 12.8 Å². The number of ketones is 1. The maximum Gasteiger partial charge on any atom is 0.185 e. The first-order chi connectivity index (χ1) is 9.54. The summed E-state index contributed by atoms with van der Waals surface area (Å²) in [7, 11) is 0. The van der Waals surface area contributed by atoms with Gasteiger partial charge in [-0.05, 0) is 36.2 Å². The van der Waals surface area contributed by atoms with Crippen LogP contribution in [0.1, 0.15) is 27.4 Å². The third-order valence-corrected chi connectivity index (χ3v) is 3.64. The maximum atomic E-state index is 12.5. The Hall–Kier alpha value is -1.82. The Bertz CT molecular complexity index is 704. The van der Waals surface area contributed by atoms with Gasteiger partial charge in [-0.1, -0.05) is 47.5 Å². The van der Waals surface area contributed by atoms with E-state index in [1.807, 2.05) is 25.1 Å². The summed E-state index contributed by atoms with van der Waals surface area (Å²) in [5.41, 5.74) is 1.91. The van der Waals surface area contributed by atoms with Gasteiger partial charge in [-0.2, -0.15) is 5.26 Å². The molecular weight excluding hydrogens is 293 g/mol. The second-order valence-corrected chi connectivity index (χ2v) is 5.25. The molecule has 1 unspecified atom stereocenters. The highest BCUT2D eigenvalue weighted by Crippen LogP contribution is 2.28. The zero-order chi connectivity index (χ0) is 14.7. The summed E-state index contributed by atoms with van der Waals surface area (Å²) in [4.78, 5) is 12.5. The van der Waals surface area contributed by atoms with Crippen molar-refractivity contribution in [1.82, 2.24) is 0 Å². The standard InChI is InChI=1S/C16H11Cl2NO/c1-10-4-2-3-5-12(10)14(9-19)16(20)13-7-6-11(17)8-15(13)18/h2-8,14H,1H3. The molecule has 0 N–H and O–H groups in total. The van der Waals surface area contributed by atoms with E-state index in [1.54, 1.807) is 18.2 Å². The number of carbonyl (C=O) groups excluding carboxylic acids is 1. The molecule has 20 heavy (non-hydrogen) atoms. The number of halogens is 2. The van der Waals surface area contributed by atoms with E-state index in [9.17, 15) is 10.1 Å². The minimum atomic E-state index is -0.866. The highest BCUT2D eigenvalue weighted by atomic mass is 35.5. The number of nitriles is 1. The quantitative estimate of drug-likeness (QED) is 0.765. The Labute approximate surface area is 127 Å². The SMILES string of the molecule is Cc1ccccc1C(C#N)C(=O)c1ccc(Cl)cc1Cl. The van der Waals surface area contributed by atoms with Crippen molar-refractivity contribution in [2.75, 3.05) is 0 Å². The van der Waals surface area contributed by atoms with E-state index in [0.717, 1.165) is 5.56 Å². The van der Waals surface area contributed by atoms with E-state index < -0.39 is 5.92 Å². The van der Waals surface area contributed by atoms with Crippen LogP contribution < -0.4 is 0 Å². The molecule has 0 spiro atoms. The number of rotatable bonds is 3. The Morgan fingerprint density at radius 1 is 1.20 bits per heavy atom. The normalized spacial score (nSPS) is 11.7. The van der Waals surface area contributed by atoms with Crippen molar-refractivity contribution in [1.29, 1.82) is 5.26 Å². The molecule has 100 valence electrons. The van der Waals surface area contributed by atoms with Crippen molar-refractivity contribution in [2.24, 2.45) is 0 Å². The molecular formula is C16H11Cl2NO. The zero-order valence-corrected chi connectivity index (χ0v) is 12.2. The second-order valence-electron chi connectivity index (χ2n) is 4.41. The van der Waals surface area contributed by atoms with Gasteiger partial charge in [-0.25, -0.2) is 0 Å². The predicted octanol–water partition coefficient (Wildman–Crippen LogP) is 4.79. The van der Waals surface area contributed by atoms with Crippen LogP contribution in [0.25, 0.3) is 0 Å². The molecule has 0 fully saturated rings. The van der Waals surface area contributed by atoms with Crippen LogP contribution in [-0.2, 0) is 0 Å². The van der Waals surface area contributed by atoms with Crippen molar-refractivity contribution < 1.29 is 4.79 Å². The minimum Gasteiger partial charge on any atom is -0.292 e. The molecule has 2 rings (SSSR count). The van der Waals surface area contributed by atoms with Gasteiger partial charge in [-0.15, -0.1) is 0 Å². The zero-order valence-electron chi connectivity index (χ0n) is 10.7. The van der Waals surface area contributed by atoms with Crippen LogP contribution in [-0.4, -0.2) is 5.78 Å². The molecule has 0 saturated heterocycles. The van der Waals surface area contributed by atoms with Crippen LogP contribution in [0.15, 0.2) is 42.5 Å². The number of benzene rings is 2. The van der Waals surface area contributed by atoms with Gasteiger partial charge in [0.25, 0.3) is 0 Å². The lowest BCUT2D eigenvalue weighted by molar-refractivity contribution is 0.0979. The first-order valence-corrected chi connectivity index (χ1v) is 6.74. The fourth-order valence-corrected chi connectivity index (χ4v) is 2.53. The van der Waals surface area contributed by atoms with E-state index >= 15 is 0 Å². The molecule has 0 saturated carbocycles. The van der Waals surface area contributed by atoms with Crippen LogP contribution >= 0.6 is 23.2 Å². The Balaban J connectivity index is 2.45. The van der Waals surface area contributed by atoms with Gasteiger partial charge in [0, 0.05) is 10.6 Å². The topological polar surface area (TPSA) is 40.9 Å². The molecule has 0 bridgehead atoms. The Kier molecular flexibility index (Phi) is 4.44. The molecule has 4 heteroatoms. The molecule has 2 aromatic carbocycles. The molecule has 0 aromatic heterocycles. The fraction of sp³-hybridized carbons (Fsp3) is 0.125. The van der Waals surface area contributed by atoms with Crippen LogP contribution in [0.4, 0.5) is 0 Å². The summed E-state index contributed by atoms with van der Waals surface area (Å²) in [5, 5.41) is 10.1. The summed E-state index contributed by atoms with van der Waals surface area (Å²) in [6.07, 6.45) is 0. The molecule has 0 aliphatic rings. The van der Waals surface area contributed by atoms with Crippen LogP contribution in [0.3, 0.4) is 0 Å². The van der Waals surface area contributed by atoms with E-state index in [-0.39, 0.29) is 10.8 Å². The van der Waals surface area contributed by atoms with Gasteiger partial charge in [0.1, 0.15) is 5.92 Å². The van der Waals surface area contributed by atoms with Gasteiger partial charge in [0.15, 0.2) is 5.78 Å². The largest absolute Gasteiger partial charge is 0.292 e. The Morgan fingerprint density at radius 3 is 2.50 bits per heavy atom. The van der Waals surface area contributed by atoms with Gasteiger partial charge in [-0.3, -0.25) is 4.79 Å². The number of hydrogen-bond acceptors (Lipinski definition) is 2. The molecule has 2 aromatic rings. The number of hydrogen-bond donors (Lipinski definition) is 0. The molecule has 0 aliphatic heterocycles. The first kappa shape index (κ1) is 14.6. The number of nitrogens with zero attached hydrogens (tertiary/aromatic N) is 1. The minimum absolute atomic E-state index is 0.260. The summed E-state index contributed by atoms with van der Waals surface area (Å²) in [6.45, 7) is 1.87. The monoisotopic (exact) mass is 303 g/mol. The lowest BCUT2D eigenvalue weighted by Gasteiger charge is -2.12. The average Bonchev–Trinajstić information content (AvgIpc) is 2.41. The van der Waals surface area contributed by atoms with E-state index in [1.165, 1.54) is 6.07 Å². The molecule has 0 amide bonds. The molecule has 0 aliphatic carbocycles. The summed E-state index contributed by atoms with van der Waals surface area (Å²) >= 11 is 11.9. The second kappa shape index (κ2) is 6.09. The first-order valence-electron chi connectivity index (χ1n) is 5.99. The van der Waals surface area contributed by atoms with Crippen molar-refractivity contribution in [3.05, 3.63) is 69.2 Å². The molecule has 0 heterocycles. The van der Waals surface area contributed by atoms with Gasteiger partial charge >= 0.3 is 0 Å². The van der Waals surface area contributed by atoms with Gasteiger partial charge in [0.05, 0.1) is 11.1 Å². The van der Waals surface area contributed by atoms with E-state index in [4.69, 9.17) is 23.2 Å². The summed E-state index contributed by atoms with van der Waals surface area (Å²) in [5.74, 6) is -1.18. The van der Waals surface area contributed by atoms with E-state index in [2.05, 4.69) is 6.07 Å². The average molecular weight is 304 g/mol. The van der Waals surface area contributed by atoms with E-state index in [0.29, 0.717) is 16.1 Å². The number of Topliss-reactive ketones (excluding diaryl/α,β-unsaturated/α-hetero) is 1. The van der Waals surface area contributed by atoms with Crippen LogP contribution in [0.5, 0.6) is 0 Å². The fourth-order valence-electron chi connectivity index (χ4n) is 2.02. The third-order valence-electron chi connectivity index (χ3n) is 3.09. The molecule has 2 nitrogen and oxygen atoms in total. The smallest absolute Gasteiger partial charge is 0.185 e.